The van der Waals surface area contributed by atoms with Gasteiger partial charge in [-0.3, -0.25) is 23.5 Å². The monoisotopic (exact) mass is 394 g/mol. The first-order chi connectivity index (χ1) is 13.9. The standard InChI is InChI=1S/C21H22N4O4/c1-3-12-24-20(28)17-6-4-5-7-18(17)25(21(24)29)13-19(27)23-16-10-8-15(9-11-16)22-14(2)26/h4-11H,3,12-13H2,1-2H3,(H,22,26)(H,23,27). The molecule has 1 heterocycles. The van der Waals surface area contributed by atoms with E-state index in [4.69, 9.17) is 0 Å². The first kappa shape index (κ1) is 20.1. The Hall–Kier alpha value is -3.68. The molecule has 150 valence electrons. The van der Waals surface area contributed by atoms with Crippen LogP contribution in [0.4, 0.5) is 11.4 Å². The second-order valence-corrected chi connectivity index (χ2v) is 6.65. The summed E-state index contributed by atoms with van der Waals surface area (Å²) in [6.07, 6.45) is 0.625. The van der Waals surface area contributed by atoms with Crippen molar-refractivity contribution in [1.82, 2.24) is 9.13 Å². The Kier molecular flexibility index (Phi) is 5.92. The van der Waals surface area contributed by atoms with E-state index < -0.39 is 11.6 Å². The van der Waals surface area contributed by atoms with Gasteiger partial charge in [0.25, 0.3) is 5.56 Å². The molecule has 1 aromatic heterocycles. The van der Waals surface area contributed by atoms with Crippen LogP contribution in [0.3, 0.4) is 0 Å². The summed E-state index contributed by atoms with van der Waals surface area (Å²) < 4.78 is 2.48. The summed E-state index contributed by atoms with van der Waals surface area (Å²) in [5, 5.41) is 5.77. The summed E-state index contributed by atoms with van der Waals surface area (Å²) in [7, 11) is 0. The van der Waals surface area contributed by atoms with Crippen molar-refractivity contribution < 1.29 is 9.59 Å². The number of rotatable bonds is 6. The van der Waals surface area contributed by atoms with Gasteiger partial charge in [0.1, 0.15) is 6.54 Å². The van der Waals surface area contributed by atoms with Gasteiger partial charge in [-0.05, 0) is 42.8 Å². The Balaban J connectivity index is 1.89. The van der Waals surface area contributed by atoms with E-state index in [1.807, 2.05) is 6.92 Å². The van der Waals surface area contributed by atoms with E-state index in [0.717, 1.165) is 4.57 Å². The van der Waals surface area contributed by atoms with Crippen molar-refractivity contribution >= 4 is 34.1 Å². The second kappa shape index (κ2) is 8.55. The van der Waals surface area contributed by atoms with Crippen molar-refractivity contribution in [3.8, 4) is 0 Å². The van der Waals surface area contributed by atoms with E-state index in [-0.39, 0.29) is 24.6 Å². The minimum atomic E-state index is -0.508. The first-order valence-corrected chi connectivity index (χ1v) is 9.30. The summed E-state index contributed by atoms with van der Waals surface area (Å²) in [6.45, 7) is 3.35. The second-order valence-electron chi connectivity index (χ2n) is 6.65. The fourth-order valence-corrected chi connectivity index (χ4v) is 3.13. The Morgan fingerprint density at radius 2 is 1.52 bits per heavy atom. The SMILES string of the molecule is CCCn1c(=O)c2ccccc2n(CC(=O)Nc2ccc(NC(C)=O)cc2)c1=O. The fraction of sp³-hybridized carbons (Fsp3) is 0.238. The molecule has 0 saturated heterocycles. The third-order valence-corrected chi connectivity index (χ3v) is 4.37. The highest BCUT2D eigenvalue weighted by atomic mass is 16.2. The molecule has 0 aliphatic heterocycles. The molecule has 3 rings (SSSR count). The molecular weight excluding hydrogens is 372 g/mol. The molecular formula is C21H22N4O4. The highest BCUT2D eigenvalue weighted by Gasteiger charge is 2.15. The average Bonchev–Trinajstić information content (AvgIpc) is 2.69. The summed E-state index contributed by atoms with van der Waals surface area (Å²) in [5.74, 6) is -0.582. The minimum Gasteiger partial charge on any atom is -0.326 e. The van der Waals surface area contributed by atoms with Gasteiger partial charge in [-0.1, -0.05) is 19.1 Å². The molecule has 3 aromatic rings. The molecule has 29 heavy (non-hydrogen) atoms. The smallest absolute Gasteiger partial charge is 0.326 e. The molecule has 0 aliphatic rings. The molecule has 0 spiro atoms. The van der Waals surface area contributed by atoms with Crippen molar-refractivity contribution in [1.29, 1.82) is 0 Å². The Labute approximate surface area is 166 Å². The van der Waals surface area contributed by atoms with Gasteiger partial charge in [0, 0.05) is 24.8 Å². The molecule has 0 aliphatic carbocycles. The van der Waals surface area contributed by atoms with Crippen LogP contribution in [-0.2, 0) is 22.7 Å². The predicted octanol–water partition coefficient (Wildman–Crippen LogP) is 2.17. The van der Waals surface area contributed by atoms with Crippen LogP contribution in [0.25, 0.3) is 10.9 Å². The van der Waals surface area contributed by atoms with Crippen LogP contribution < -0.4 is 21.9 Å². The van der Waals surface area contributed by atoms with E-state index in [1.165, 1.54) is 11.5 Å². The number of nitrogens with zero attached hydrogens (tertiary/aromatic N) is 2. The lowest BCUT2D eigenvalue weighted by molar-refractivity contribution is -0.117. The normalized spacial score (nSPS) is 10.7. The molecule has 0 saturated carbocycles. The Morgan fingerprint density at radius 1 is 0.897 bits per heavy atom. The highest BCUT2D eigenvalue weighted by Crippen LogP contribution is 2.14. The highest BCUT2D eigenvalue weighted by molar-refractivity contribution is 5.92. The zero-order valence-electron chi connectivity index (χ0n) is 16.3. The van der Waals surface area contributed by atoms with Crippen LogP contribution in [-0.4, -0.2) is 20.9 Å². The summed E-state index contributed by atoms with van der Waals surface area (Å²) in [4.78, 5) is 49.1. The number of carbonyl (C=O) groups excluding carboxylic acids is 2. The van der Waals surface area contributed by atoms with Crippen molar-refractivity contribution in [2.75, 3.05) is 10.6 Å². The Bertz CT molecular complexity index is 1180. The van der Waals surface area contributed by atoms with E-state index >= 15 is 0 Å². The van der Waals surface area contributed by atoms with E-state index in [0.29, 0.717) is 28.7 Å². The lowest BCUT2D eigenvalue weighted by Gasteiger charge is -2.14. The molecule has 0 radical (unpaired) electrons. The number of amides is 2. The maximum absolute atomic E-state index is 12.8. The number of nitrogens with one attached hydrogen (secondary N) is 2. The van der Waals surface area contributed by atoms with E-state index in [1.54, 1.807) is 48.5 Å². The molecule has 0 atom stereocenters. The van der Waals surface area contributed by atoms with Gasteiger partial charge in [-0.15, -0.1) is 0 Å². The van der Waals surface area contributed by atoms with Gasteiger partial charge in [0.2, 0.25) is 11.8 Å². The van der Waals surface area contributed by atoms with Gasteiger partial charge in [0.05, 0.1) is 10.9 Å². The average molecular weight is 394 g/mol. The lowest BCUT2D eigenvalue weighted by atomic mass is 10.2. The maximum Gasteiger partial charge on any atom is 0.331 e. The first-order valence-electron chi connectivity index (χ1n) is 9.30. The number of hydrogen-bond acceptors (Lipinski definition) is 4. The molecule has 0 bridgehead atoms. The molecule has 2 amide bonds. The number of fused-ring (bicyclic) bond motifs is 1. The third-order valence-electron chi connectivity index (χ3n) is 4.37. The van der Waals surface area contributed by atoms with Crippen molar-refractivity contribution in [3.63, 3.8) is 0 Å². The van der Waals surface area contributed by atoms with E-state index in [2.05, 4.69) is 10.6 Å². The van der Waals surface area contributed by atoms with Gasteiger partial charge >= 0.3 is 5.69 Å². The third kappa shape index (κ3) is 4.43. The number of aromatic nitrogens is 2. The molecule has 0 unspecified atom stereocenters. The summed E-state index contributed by atoms with van der Waals surface area (Å²) in [5.41, 5.74) is 0.711. The zero-order chi connectivity index (χ0) is 21.0. The summed E-state index contributed by atoms with van der Waals surface area (Å²) in [6, 6.07) is 13.4. The Morgan fingerprint density at radius 3 is 2.14 bits per heavy atom. The van der Waals surface area contributed by atoms with Crippen LogP contribution in [0.15, 0.2) is 58.1 Å². The zero-order valence-corrected chi connectivity index (χ0v) is 16.3. The quantitative estimate of drug-likeness (QED) is 0.669. The maximum atomic E-state index is 12.8. The van der Waals surface area contributed by atoms with Crippen LogP contribution in [0, 0.1) is 0 Å². The van der Waals surface area contributed by atoms with Crippen LogP contribution in [0.5, 0.6) is 0 Å². The lowest BCUT2D eigenvalue weighted by Crippen LogP contribution is -2.41. The fourth-order valence-electron chi connectivity index (χ4n) is 3.13. The predicted molar refractivity (Wildman–Crippen MR) is 112 cm³/mol. The van der Waals surface area contributed by atoms with Gasteiger partial charge < -0.3 is 10.6 Å². The van der Waals surface area contributed by atoms with Crippen LogP contribution >= 0.6 is 0 Å². The number of benzene rings is 2. The molecule has 8 heteroatoms. The largest absolute Gasteiger partial charge is 0.331 e. The number of anilines is 2. The van der Waals surface area contributed by atoms with E-state index in [9.17, 15) is 19.2 Å². The molecule has 0 fully saturated rings. The van der Waals surface area contributed by atoms with Crippen LogP contribution in [0.2, 0.25) is 0 Å². The van der Waals surface area contributed by atoms with Gasteiger partial charge in [-0.2, -0.15) is 0 Å². The van der Waals surface area contributed by atoms with Crippen molar-refractivity contribution in [2.24, 2.45) is 0 Å². The minimum absolute atomic E-state index is 0.185. The van der Waals surface area contributed by atoms with Crippen LogP contribution in [0.1, 0.15) is 20.3 Å². The van der Waals surface area contributed by atoms with Crippen molar-refractivity contribution in [2.45, 2.75) is 33.4 Å². The molecule has 8 nitrogen and oxygen atoms in total. The number of hydrogen-bond donors (Lipinski definition) is 2. The topological polar surface area (TPSA) is 102 Å². The number of carbonyl (C=O) groups is 2. The van der Waals surface area contributed by atoms with Gasteiger partial charge in [-0.25, -0.2) is 4.79 Å². The summed E-state index contributed by atoms with van der Waals surface area (Å²) >= 11 is 0. The molecule has 2 N–H and O–H groups in total. The van der Waals surface area contributed by atoms with Crippen molar-refractivity contribution in [3.05, 3.63) is 69.4 Å². The number of para-hydroxylation sites is 1. The molecule has 2 aromatic carbocycles. The van der Waals surface area contributed by atoms with Gasteiger partial charge in [0.15, 0.2) is 0 Å².